The van der Waals surface area contributed by atoms with Gasteiger partial charge in [-0.25, -0.2) is 4.79 Å². The lowest BCUT2D eigenvalue weighted by molar-refractivity contribution is -0.394. The second-order valence-electron chi connectivity index (χ2n) is 6.05. The lowest BCUT2D eigenvalue weighted by Crippen LogP contribution is -2.49. The number of nitro benzene ring substituents is 2. The summed E-state index contributed by atoms with van der Waals surface area (Å²) in [6.45, 7) is 5.06. The molecule has 10 nitrogen and oxygen atoms in total. The van der Waals surface area contributed by atoms with E-state index in [1.54, 1.807) is 20.8 Å². The number of non-ortho nitro benzene ring substituents is 2. The van der Waals surface area contributed by atoms with E-state index < -0.39 is 44.6 Å². The zero-order chi connectivity index (χ0) is 18.7. The van der Waals surface area contributed by atoms with Gasteiger partial charge in [-0.05, 0) is 5.41 Å². The van der Waals surface area contributed by atoms with E-state index in [-0.39, 0.29) is 5.56 Å². The van der Waals surface area contributed by atoms with Crippen molar-refractivity contribution >= 4 is 23.3 Å². The van der Waals surface area contributed by atoms with E-state index in [0.717, 1.165) is 25.3 Å². The summed E-state index contributed by atoms with van der Waals surface area (Å²) in [4.78, 5) is 44.2. The smallest absolute Gasteiger partial charge is 0.328 e. The van der Waals surface area contributed by atoms with Gasteiger partial charge in [-0.15, -0.1) is 0 Å². The van der Waals surface area contributed by atoms with Gasteiger partial charge in [-0.2, -0.15) is 0 Å². The number of rotatable bonds is 5. The van der Waals surface area contributed by atoms with Crippen molar-refractivity contribution in [3.05, 3.63) is 44.0 Å². The van der Waals surface area contributed by atoms with Crippen LogP contribution >= 0.6 is 0 Å². The third-order valence-electron chi connectivity index (χ3n) is 3.16. The summed E-state index contributed by atoms with van der Waals surface area (Å²) in [7, 11) is 1.16. The maximum absolute atomic E-state index is 12.3. The van der Waals surface area contributed by atoms with Gasteiger partial charge in [-0.3, -0.25) is 25.0 Å². The van der Waals surface area contributed by atoms with Crippen LogP contribution in [-0.4, -0.2) is 34.9 Å². The zero-order valence-electron chi connectivity index (χ0n) is 13.6. The van der Waals surface area contributed by atoms with Gasteiger partial charge in [0.1, 0.15) is 6.04 Å². The maximum Gasteiger partial charge on any atom is 0.328 e. The number of amides is 1. The summed E-state index contributed by atoms with van der Waals surface area (Å²) in [5.74, 6) is -1.55. The highest BCUT2D eigenvalue weighted by Crippen LogP contribution is 2.24. The van der Waals surface area contributed by atoms with E-state index in [1.165, 1.54) is 0 Å². The molecule has 130 valence electrons. The quantitative estimate of drug-likeness (QED) is 0.489. The molecule has 0 aliphatic rings. The Balaban J connectivity index is 3.24. The van der Waals surface area contributed by atoms with Crippen LogP contribution in [-0.2, 0) is 9.53 Å². The molecule has 1 atom stereocenters. The zero-order valence-corrected chi connectivity index (χ0v) is 13.6. The number of nitrogens with one attached hydrogen (secondary N) is 1. The van der Waals surface area contributed by atoms with E-state index >= 15 is 0 Å². The Hall–Kier alpha value is -3.04. The number of hydrogen-bond acceptors (Lipinski definition) is 7. The molecular weight excluding hydrogens is 322 g/mol. The molecule has 0 radical (unpaired) electrons. The maximum atomic E-state index is 12.3. The topological polar surface area (TPSA) is 142 Å². The molecule has 0 aliphatic heterocycles. The number of esters is 1. The third kappa shape index (κ3) is 4.48. The van der Waals surface area contributed by atoms with Crippen LogP contribution in [0.3, 0.4) is 0 Å². The van der Waals surface area contributed by atoms with Crippen molar-refractivity contribution in [2.24, 2.45) is 5.41 Å². The van der Waals surface area contributed by atoms with Crippen molar-refractivity contribution in [1.29, 1.82) is 0 Å². The molecule has 1 N–H and O–H groups in total. The summed E-state index contributed by atoms with van der Waals surface area (Å²) < 4.78 is 4.63. The number of methoxy groups -OCH3 is 1. The van der Waals surface area contributed by atoms with Crippen molar-refractivity contribution in [3.63, 3.8) is 0 Å². The summed E-state index contributed by atoms with van der Waals surface area (Å²) >= 11 is 0. The van der Waals surface area contributed by atoms with Crippen molar-refractivity contribution < 1.29 is 24.2 Å². The lowest BCUT2D eigenvalue weighted by Gasteiger charge is -2.28. The first-order valence-corrected chi connectivity index (χ1v) is 6.80. The number of carbonyl (C=O) groups is 2. The molecule has 0 heterocycles. The van der Waals surface area contributed by atoms with Crippen LogP contribution in [0.25, 0.3) is 0 Å². The molecule has 1 aromatic rings. The number of carbonyl (C=O) groups excluding carboxylic acids is 2. The molecule has 0 aliphatic carbocycles. The molecule has 0 bridgehead atoms. The van der Waals surface area contributed by atoms with Crippen molar-refractivity contribution in [1.82, 2.24) is 5.32 Å². The molecule has 1 amide bonds. The Kier molecular flexibility index (Phi) is 5.56. The Morgan fingerprint density at radius 1 is 1.08 bits per heavy atom. The highest BCUT2D eigenvalue weighted by atomic mass is 16.6. The summed E-state index contributed by atoms with van der Waals surface area (Å²) in [6, 6.07) is 1.52. The molecule has 24 heavy (non-hydrogen) atoms. The largest absolute Gasteiger partial charge is 0.467 e. The highest BCUT2D eigenvalue weighted by Gasteiger charge is 2.34. The lowest BCUT2D eigenvalue weighted by atomic mass is 9.86. The number of ether oxygens (including phenoxy) is 1. The second kappa shape index (κ2) is 7.02. The monoisotopic (exact) mass is 339 g/mol. The molecule has 0 saturated carbocycles. The first-order chi connectivity index (χ1) is 11.0. The summed E-state index contributed by atoms with van der Waals surface area (Å²) in [5, 5.41) is 24.1. The van der Waals surface area contributed by atoms with Gasteiger partial charge in [0.15, 0.2) is 0 Å². The molecule has 1 aromatic carbocycles. The van der Waals surface area contributed by atoms with E-state index in [0.29, 0.717) is 0 Å². The summed E-state index contributed by atoms with van der Waals surface area (Å²) in [6.07, 6.45) is 0. The van der Waals surface area contributed by atoms with E-state index in [1.807, 2.05) is 0 Å². The fourth-order valence-corrected chi connectivity index (χ4v) is 1.90. The molecule has 0 spiro atoms. The molecule has 0 aromatic heterocycles. The van der Waals surface area contributed by atoms with Gasteiger partial charge in [0.2, 0.25) is 0 Å². The first kappa shape index (κ1) is 19.0. The predicted molar refractivity (Wildman–Crippen MR) is 82.5 cm³/mol. The minimum absolute atomic E-state index is 0.297. The van der Waals surface area contributed by atoms with Crippen molar-refractivity contribution in [2.45, 2.75) is 26.8 Å². The fourth-order valence-electron chi connectivity index (χ4n) is 1.90. The van der Waals surface area contributed by atoms with E-state index in [2.05, 4.69) is 10.1 Å². The average Bonchev–Trinajstić information content (AvgIpc) is 2.49. The highest BCUT2D eigenvalue weighted by molar-refractivity contribution is 5.98. The number of nitrogens with zero attached hydrogens (tertiary/aromatic N) is 2. The van der Waals surface area contributed by atoms with Gasteiger partial charge >= 0.3 is 5.97 Å². The van der Waals surface area contributed by atoms with Gasteiger partial charge in [0.25, 0.3) is 17.3 Å². The normalized spacial score (nSPS) is 12.2. The van der Waals surface area contributed by atoms with Crippen molar-refractivity contribution in [2.75, 3.05) is 7.11 Å². The number of nitro groups is 2. The molecule has 1 rings (SSSR count). The van der Waals surface area contributed by atoms with Gasteiger partial charge < -0.3 is 10.1 Å². The third-order valence-corrected chi connectivity index (χ3v) is 3.16. The standard InChI is InChI=1S/C14H17N3O7/c1-14(2,3)11(13(19)24-4)15-12(18)8-5-9(16(20)21)7-10(6-8)17(22)23/h5-7,11H,1-4H3,(H,15,18)/t11-/m0/s1. The minimum atomic E-state index is -1.03. The SMILES string of the molecule is COC(=O)[C@H](NC(=O)c1cc([N+](=O)[O-])cc([N+](=O)[O-])c1)C(C)(C)C. The number of benzene rings is 1. The Morgan fingerprint density at radius 3 is 1.88 bits per heavy atom. The predicted octanol–water partition coefficient (Wildman–Crippen LogP) is 1.82. The first-order valence-electron chi connectivity index (χ1n) is 6.80. The summed E-state index contributed by atoms with van der Waals surface area (Å²) in [5.41, 5.74) is -2.19. The molecule has 0 unspecified atom stereocenters. The Morgan fingerprint density at radius 2 is 1.54 bits per heavy atom. The Bertz CT molecular complexity index is 662. The average molecular weight is 339 g/mol. The van der Waals surface area contributed by atoms with Crippen LogP contribution in [0.15, 0.2) is 18.2 Å². The van der Waals surface area contributed by atoms with E-state index in [9.17, 15) is 29.8 Å². The second-order valence-corrected chi connectivity index (χ2v) is 6.05. The van der Waals surface area contributed by atoms with Gasteiger partial charge in [-0.1, -0.05) is 20.8 Å². The van der Waals surface area contributed by atoms with Crippen LogP contribution in [0, 0.1) is 25.6 Å². The molecule has 0 saturated heterocycles. The Labute approximate surface area is 137 Å². The minimum Gasteiger partial charge on any atom is -0.467 e. The van der Waals surface area contributed by atoms with Crippen LogP contribution < -0.4 is 5.32 Å². The van der Waals surface area contributed by atoms with Crippen LogP contribution in [0.4, 0.5) is 11.4 Å². The fraction of sp³-hybridized carbons (Fsp3) is 0.429. The molecular formula is C14H17N3O7. The van der Waals surface area contributed by atoms with Crippen LogP contribution in [0.5, 0.6) is 0 Å². The van der Waals surface area contributed by atoms with E-state index in [4.69, 9.17) is 0 Å². The number of hydrogen-bond donors (Lipinski definition) is 1. The molecule has 10 heteroatoms. The van der Waals surface area contributed by atoms with Crippen LogP contribution in [0.2, 0.25) is 0 Å². The van der Waals surface area contributed by atoms with Crippen molar-refractivity contribution in [3.8, 4) is 0 Å². The van der Waals surface area contributed by atoms with Crippen LogP contribution in [0.1, 0.15) is 31.1 Å². The van der Waals surface area contributed by atoms with Gasteiger partial charge in [0, 0.05) is 12.1 Å². The molecule has 0 fully saturated rings. The van der Waals surface area contributed by atoms with Gasteiger partial charge in [0.05, 0.1) is 28.6 Å².